The SMILES string of the molecule is CN(CC(N)c1cccc(F)c1F)c1cccc(F)c1. The van der Waals surface area contributed by atoms with Gasteiger partial charge in [0.05, 0.1) is 6.04 Å². The number of likely N-dealkylation sites (N-methyl/N-ethyl adjacent to an activating group) is 1. The number of hydrogen-bond donors (Lipinski definition) is 1. The van der Waals surface area contributed by atoms with E-state index in [9.17, 15) is 13.2 Å². The Morgan fingerprint density at radius 3 is 2.50 bits per heavy atom. The number of benzene rings is 2. The summed E-state index contributed by atoms with van der Waals surface area (Å²) in [5, 5.41) is 0. The number of rotatable bonds is 4. The number of nitrogens with zero attached hydrogens (tertiary/aromatic N) is 1. The van der Waals surface area contributed by atoms with Crippen LogP contribution in [0.5, 0.6) is 0 Å². The summed E-state index contributed by atoms with van der Waals surface area (Å²) in [6, 6.07) is 9.19. The van der Waals surface area contributed by atoms with Crippen LogP contribution in [0, 0.1) is 17.5 Å². The Morgan fingerprint density at radius 2 is 1.80 bits per heavy atom. The molecule has 2 nitrogen and oxygen atoms in total. The van der Waals surface area contributed by atoms with Crippen LogP contribution in [0.25, 0.3) is 0 Å². The van der Waals surface area contributed by atoms with Crippen molar-refractivity contribution in [3.05, 3.63) is 65.5 Å². The highest BCUT2D eigenvalue weighted by Gasteiger charge is 2.16. The summed E-state index contributed by atoms with van der Waals surface area (Å²) in [5.41, 5.74) is 6.63. The van der Waals surface area contributed by atoms with Gasteiger partial charge in [-0.2, -0.15) is 0 Å². The summed E-state index contributed by atoms with van der Waals surface area (Å²) >= 11 is 0. The first-order chi connectivity index (χ1) is 9.49. The van der Waals surface area contributed by atoms with E-state index in [-0.39, 0.29) is 17.9 Å². The molecule has 2 rings (SSSR count). The summed E-state index contributed by atoms with van der Waals surface area (Å²) < 4.78 is 39.9. The number of halogens is 3. The maximum absolute atomic E-state index is 13.6. The fourth-order valence-corrected chi connectivity index (χ4v) is 2.02. The van der Waals surface area contributed by atoms with Gasteiger partial charge in [0.2, 0.25) is 0 Å². The van der Waals surface area contributed by atoms with Gasteiger partial charge in [0.1, 0.15) is 5.82 Å². The van der Waals surface area contributed by atoms with Crippen LogP contribution < -0.4 is 10.6 Å². The van der Waals surface area contributed by atoms with Crippen molar-refractivity contribution in [2.45, 2.75) is 6.04 Å². The molecule has 0 bridgehead atoms. The van der Waals surface area contributed by atoms with Gasteiger partial charge in [0, 0.05) is 24.8 Å². The van der Waals surface area contributed by atoms with E-state index in [1.807, 2.05) is 0 Å². The molecule has 0 radical (unpaired) electrons. The molecule has 0 spiro atoms. The molecule has 5 heteroatoms. The Labute approximate surface area is 115 Å². The Morgan fingerprint density at radius 1 is 1.10 bits per heavy atom. The molecular weight excluding hydrogens is 265 g/mol. The predicted molar refractivity (Wildman–Crippen MR) is 73.0 cm³/mol. The van der Waals surface area contributed by atoms with Crippen LogP contribution in [-0.2, 0) is 0 Å². The molecule has 0 aromatic heterocycles. The largest absolute Gasteiger partial charge is 0.373 e. The third-order valence-electron chi connectivity index (χ3n) is 3.10. The molecule has 0 heterocycles. The molecule has 0 amide bonds. The number of hydrogen-bond acceptors (Lipinski definition) is 2. The van der Waals surface area contributed by atoms with Crippen LogP contribution in [0.1, 0.15) is 11.6 Å². The van der Waals surface area contributed by atoms with E-state index in [2.05, 4.69) is 0 Å². The lowest BCUT2D eigenvalue weighted by atomic mass is 10.1. The van der Waals surface area contributed by atoms with Gasteiger partial charge >= 0.3 is 0 Å². The lowest BCUT2D eigenvalue weighted by molar-refractivity contribution is 0.488. The van der Waals surface area contributed by atoms with Crippen molar-refractivity contribution in [3.63, 3.8) is 0 Å². The normalized spacial score (nSPS) is 12.2. The third-order valence-corrected chi connectivity index (χ3v) is 3.10. The zero-order chi connectivity index (χ0) is 14.7. The molecule has 0 aliphatic rings. The molecule has 0 saturated heterocycles. The maximum atomic E-state index is 13.6. The summed E-state index contributed by atoms with van der Waals surface area (Å²) in [4.78, 5) is 1.69. The standard InChI is InChI=1S/C15H15F3N2/c1-20(11-5-2-4-10(16)8-11)9-14(19)12-6-3-7-13(17)15(12)18/h2-8,14H,9,19H2,1H3. The molecule has 2 N–H and O–H groups in total. The molecule has 1 unspecified atom stereocenters. The van der Waals surface area contributed by atoms with Gasteiger partial charge in [-0.05, 0) is 24.3 Å². The van der Waals surface area contributed by atoms with Crippen molar-refractivity contribution in [3.8, 4) is 0 Å². The van der Waals surface area contributed by atoms with Gasteiger partial charge in [0.25, 0.3) is 0 Å². The van der Waals surface area contributed by atoms with E-state index in [1.54, 1.807) is 24.1 Å². The first-order valence-electron chi connectivity index (χ1n) is 6.15. The molecule has 0 aliphatic heterocycles. The van der Waals surface area contributed by atoms with E-state index < -0.39 is 17.7 Å². The molecule has 0 aliphatic carbocycles. The second-order valence-corrected chi connectivity index (χ2v) is 4.61. The van der Waals surface area contributed by atoms with Gasteiger partial charge in [-0.1, -0.05) is 18.2 Å². The predicted octanol–water partition coefficient (Wildman–Crippen LogP) is 3.24. The van der Waals surface area contributed by atoms with Gasteiger partial charge in [-0.15, -0.1) is 0 Å². The lowest BCUT2D eigenvalue weighted by Crippen LogP contribution is -2.29. The monoisotopic (exact) mass is 280 g/mol. The average molecular weight is 280 g/mol. The van der Waals surface area contributed by atoms with Crippen molar-refractivity contribution < 1.29 is 13.2 Å². The van der Waals surface area contributed by atoms with Crippen LogP contribution in [-0.4, -0.2) is 13.6 Å². The van der Waals surface area contributed by atoms with Crippen LogP contribution in [0.2, 0.25) is 0 Å². The molecule has 20 heavy (non-hydrogen) atoms. The fraction of sp³-hybridized carbons (Fsp3) is 0.200. The van der Waals surface area contributed by atoms with Crippen molar-refractivity contribution in [1.82, 2.24) is 0 Å². The van der Waals surface area contributed by atoms with Gasteiger partial charge in [-0.25, -0.2) is 13.2 Å². The fourth-order valence-electron chi connectivity index (χ4n) is 2.02. The topological polar surface area (TPSA) is 29.3 Å². The van der Waals surface area contributed by atoms with Crippen LogP contribution >= 0.6 is 0 Å². The molecule has 2 aromatic carbocycles. The van der Waals surface area contributed by atoms with E-state index in [1.165, 1.54) is 24.3 Å². The molecule has 1 atom stereocenters. The maximum Gasteiger partial charge on any atom is 0.163 e. The van der Waals surface area contributed by atoms with Crippen molar-refractivity contribution in [1.29, 1.82) is 0 Å². The first kappa shape index (κ1) is 14.4. The first-order valence-corrected chi connectivity index (χ1v) is 6.15. The molecule has 0 fully saturated rings. The van der Waals surface area contributed by atoms with Crippen molar-refractivity contribution >= 4 is 5.69 Å². The van der Waals surface area contributed by atoms with E-state index in [4.69, 9.17) is 5.73 Å². The van der Waals surface area contributed by atoms with Crippen molar-refractivity contribution in [2.24, 2.45) is 5.73 Å². The van der Waals surface area contributed by atoms with Gasteiger partial charge < -0.3 is 10.6 Å². The van der Waals surface area contributed by atoms with Crippen molar-refractivity contribution in [2.75, 3.05) is 18.5 Å². The Balaban J connectivity index is 2.15. The van der Waals surface area contributed by atoms with E-state index in [0.29, 0.717) is 5.69 Å². The number of anilines is 1. The number of nitrogens with two attached hydrogens (primary N) is 1. The zero-order valence-corrected chi connectivity index (χ0v) is 11.0. The van der Waals surface area contributed by atoms with Gasteiger partial charge in [-0.3, -0.25) is 0 Å². The molecule has 106 valence electrons. The summed E-state index contributed by atoms with van der Waals surface area (Å²) in [5.74, 6) is -2.22. The zero-order valence-electron chi connectivity index (χ0n) is 11.0. The van der Waals surface area contributed by atoms with Crippen LogP contribution in [0.15, 0.2) is 42.5 Å². The second-order valence-electron chi connectivity index (χ2n) is 4.61. The summed E-state index contributed by atoms with van der Waals surface area (Å²) in [7, 11) is 1.71. The average Bonchev–Trinajstić information content (AvgIpc) is 2.41. The Kier molecular flexibility index (Phi) is 4.29. The molecule has 2 aromatic rings. The van der Waals surface area contributed by atoms with Crippen LogP contribution in [0.4, 0.5) is 18.9 Å². The highest BCUT2D eigenvalue weighted by atomic mass is 19.2. The minimum atomic E-state index is -0.937. The quantitative estimate of drug-likeness (QED) is 0.931. The second kappa shape index (κ2) is 5.96. The molecular formula is C15H15F3N2. The third kappa shape index (κ3) is 3.11. The minimum absolute atomic E-state index is 0.105. The molecule has 0 saturated carbocycles. The van der Waals surface area contributed by atoms with E-state index in [0.717, 1.165) is 6.07 Å². The summed E-state index contributed by atoms with van der Waals surface area (Å²) in [6.45, 7) is 0.240. The Bertz CT molecular complexity index is 601. The summed E-state index contributed by atoms with van der Waals surface area (Å²) in [6.07, 6.45) is 0. The minimum Gasteiger partial charge on any atom is -0.373 e. The lowest BCUT2D eigenvalue weighted by Gasteiger charge is -2.24. The highest BCUT2D eigenvalue weighted by molar-refractivity contribution is 5.46. The highest BCUT2D eigenvalue weighted by Crippen LogP contribution is 2.21. The van der Waals surface area contributed by atoms with Gasteiger partial charge in [0.15, 0.2) is 11.6 Å². The Hall–Kier alpha value is -2.01. The van der Waals surface area contributed by atoms with Crippen LogP contribution in [0.3, 0.4) is 0 Å². The van der Waals surface area contributed by atoms with E-state index >= 15 is 0 Å². The smallest absolute Gasteiger partial charge is 0.163 e.